The number of carboxylic acids is 1. The molecule has 0 aromatic carbocycles. The van der Waals surface area contributed by atoms with Crippen molar-refractivity contribution in [1.82, 2.24) is 0 Å². The second-order valence-corrected chi connectivity index (χ2v) is 3.49. The van der Waals surface area contributed by atoms with E-state index in [4.69, 9.17) is 5.11 Å². The number of unbranched alkanes of at least 4 members (excludes halogenated alkanes) is 1. The van der Waals surface area contributed by atoms with Crippen LogP contribution in [0.3, 0.4) is 0 Å². The SMILES string of the molecule is CCCCC(C(=O)O)C(C)C(C)=O. The van der Waals surface area contributed by atoms with Crippen LogP contribution in [0.1, 0.15) is 40.0 Å². The highest BCUT2D eigenvalue weighted by molar-refractivity contribution is 5.84. The number of carbonyl (C=O) groups excluding carboxylic acids is 1. The molecule has 0 fully saturated rings. The third kappa shape index (κ3) is 4.06. The minimum Gasteiger partial charge on any atom is -0.481 e. The molecule has 0 saturated carbocycles. The standard InChI is InChI=1S/C10H18O3/c1-4-5-6-9(10(12)13)7(2)8(3)11/h7,9H,4-6H2,1-3H3,(H,12,13). The Bertz CT molecular complexity index is 187. The number of carboxylic acid groups (broad SMARTS) is 1. The fourth-order valence-electron chi connectivity index (χ4n) is 1.29. The summed E-state index contributed by atoms with van der Waals surface area (Å²) in [4.78, 5) is 21.8. The van der Waals surface area contributed by atoms with Crippen LogP contribution >= 0.6 is 0 Å². The number of rotatable bonds is 6. The highest BCUT2D eigenvalue weighted by Gasteiger charge is 2.26. The highest BCUT2D eigenvalue weighted by atomic mass is 16.4. The summed E-state index contributed by atoms with van der Waals surface area (Å²) < 4.78 is 0. The van der Waals surface area contributed by atoms with Gasteiger partial charge in [0.15, 0.2) is 0 Å². The molecule has 2 atom stereocenters. The van der Waals surface area contributed by atoms with Crippen LogP contribution in [0, 0.1) is 11.8 Å². The Hall–Kier alpha value is -0.860. The van der Waals surface area contributed by atoms with Gasteiger partial charge in [-0.25, -0.2) is 0 Å². The second kappa shape index (κ2) is 5.73. The summed E-state index contributed by atoms with van der Waals surface area (Å²) in [6.07, 6.45) is 2.44. The summed E-state index contributed by atoms with van der Waals surface area (Å²) in [5.74, 6) is -1.75. The van der Waals surface area contributed by atoms with E-state index in [9.17, 15) is 9.59 Å². The zero-order valence-corrected chi connectivity index (χ0v) is 8.54. The van der Waals surface area contributed by atoms with E-state index in [0.717, 1.165) is 12.8 Å². The molecule has 2 unspecified atom stereocenters. The predicted octanol–water partition coefficient (Wildman–Crippen LogP) is 2.10. The molecule has 3 nitrogen and oxygen atoms in total. The van der Waals surface area contributed by atoms with Gasteiger partial charge in [-0.05, 0) is 13.3 Å². The number of aliphatic carboxylic acids is 1. The van der Waals surface area contributed by atoms with Crippen LogP contribution in [-0.2, 0) is 9.59 Å². The smallest absolute Gasteiger partial charge is 0.307 e. The van der Waals surface area contributed by atoms with Gasteiger partial charge in [-0.2, -0.15) is 0 Å². The summed E-state index contributed by atoms with van der Waals surface area (Å²) in [5, 5.41) is 8.87. The van der Waals surface area contributed by atoms with Crippen molar-refractivity contribution in [3.63, 3.8) is 0 Å². The Morgan fingerprint density at radius 1 is 1.38 bits per heavy atom. The summed E-state index contributed by atoms with van der Waals surface area (Å²) >= 11 is 0. The van der Waals surface area contributed by atoms with E-state index in [2.05, 4.69) is 0 Å². The maximum Gasteiger partial charge on any atom is 0.307 e. The van der Waals surface area contributed by atoms with Gasteiger partial charge < -0.3 is 5.11 Å². The van der Waals surface area contributed by atoms with Crippen LogP contribution in [0.15, 0.2) is 0 Å². The van der Waals surface area contributed by atoms with Crippen LogP contribution in [0.25, 0.3) is 0 Å². The van der Waals surface area contributed by atoms with Gasteiger partial charge in [-0.3, -0.25) is 9.59 Å². The topological polar surface area (TPSA) is 54.4 Å². The van der Waals surface area contributed by atoms with Crippen LogP contribution in [0.4, 0.5) is 0 Å². The van der Waals surface area contributed by atoms with Crippen LogP contribution in [0.2, 0.25) is 0 Å². The van der Waals surface area contributed by atoms with Gasteiger partial charge in [0, 0.05) is 5.92 Å². The largest absolute Gasteiger partial charge is 0.481 e. The zero-order chi connectivity index (χ0) is 10.4. The van der Waals surface area contributed by atoms with E-state index < -0.39 is 11.9 Å². The molecule has 0 aliphatic heterocycles. The van der Waals surface area contributed by atoms with E-state index in [1.165, 1.54) is 6.92 Å². The van der Waals surface area contributed by atoms with Crippen LogP contribution in [0.5, 0.6) is 0 Å². The molecule has 1 N–H and O–H groups in total. The molecule has 0 rings (SSSR count). The van der Waals surface area contributed by atoms with Crippen molar-refractivity contribution in [2.45, 2.75) is 40.0 Å². The summed E-state index contributed by atoms with van der Waals surface area (Å²) in [7, 11) is 0. The fourth-order valence-corrected chi connectivity index (χ4v) is 1.29. The van der Waals surface area contributed by atoms with Gasteiger partial charge in [0.2, 0.25) is 0 Å². The lowest BCUT2D eigenvalue weighted by molar-refractivity contribution is -0.146. The lowest BCUT2D eigenvalue weighted by Gasteiger charge is -2.16. The van der Waals surface area contributed by atoms with E-state index in [1.54, 1.807) is 6.92 Å². The monoisotopic (exact) mass is 186 g/mol. The first-order valence-electron chi connectivity index (χ1n) is 4.74. The van der Waals surface area contributed by atoms with Gasteiger partial charge in [-0.1, -0.05) is 26.7 Å². The average Bonchev–Trinajstić information content (AvgIpc) is 2.04. The van der Waals surface area contributed by atoms with E-state index >= 15 is 0 Å². The van der Waals surface area contributed by atoms with Gasteiger partial charge >= 0.3 is 5.97 Å². The quantitative estimate of drug-likeness (QED) is 0.691. The first-order chi connectivity index (χ1) is 6.00. The van der Waals surface area contributed by atoms with Crippen molar-refractivity contribution in [2.24, 2.45) is 11.8 Å². The maximum absolute atomic E-state index is 11.0. The average molecular weight is 186 g/mol. The van der Waals surface area contributed by atoms with Gasteiger partial charge in [0.1, 0.15) is 5.78 Å². The molecule has 13 heavy (non-hydrogen) atoms. The number of carbonyl (C=O) groups is 2. The Morgan fingerprint density at radius 3 is 2.23 bits per heavy atom. The van der Waals surface area contributed by atoms with Gasteiger partial charge in [0.05, 0.1) is 5.92 Å². The summed E-state index contributed by atoms with van der Waals surface area (Å²) in [6.45, 7) is 5.15. The molecule has 0 aromatic heterocycles. The first-order valence-corrected chi connectivity index (χ1v) is 4.74. The Labute approximate surface area is 79.1 Å². The van der Waals surface area contributed by atoms with Crippen LogP contribution in [-0.4, -0.2) is 16.9 Å². The van der Waals surface area contributed by atoms with Crippen molar-refractivity contribution >= 4 is 11.8 Å². The third-order valence-electron chi connectivity index (χ3n) is 2.43. The van der Waals surface area contributed by atoms with E-state index in [1.807, 2.05) is 6.92 Å². The molecule has 0 saturated heterocycles. The molecule has 76 valence electrons. The maximum atomic E-state index is 11.0. The molecule has 0 heterocycles. The van der Waals surface area contributed by atoms with Crippen LogP contribution < -0.4 is 0 Å². The molecule has 0 radical (unpaired) electrons. The molecule has 3 heteroatoms. The zero-order valence-electron chi connectivity index (χ0n) is 8.54. The molecule has 0 bridgehead atoms. The number of hydrogen-bond donors (Lipinski definition) is 1. The van der Waals surface area contributed by atoms with Gasteiger partial charge in [0.25, 0.3) is 0 Å². The number of ketones is 1. The van der Waals surface area contributed by atoms with Crippen molar-refractivity contribution in [3.8, 4) is 0 Å². The van der Waals surface area contributed by atoms with Crippen molar-refractivity contribution in [3.05, 3.63) is 0 Å². The van der Waals surface area contributed by atoms with Gasteiger partial charge in [-0.15, -0.1) is 0 Å². The van der Waals surface area contributed by atoms with E-state index in [0.29, 0.717) is 6.42 Å². The Morgan fingerprint density at radius 2 is 1.92 bits per heavy atom. The molecule has 0 amide bonds. The summed E-state index contributed by atoms with van der Waals surface area (Å²) in [6, 6.07) is 0. The lowest BCUT2D eigenvalue weighted by atomic mass is 9.87. The Balaban J connectivity index is 4.24. The fraction of sp³-hybridized carbons (Fsp3) is 0.800. The Kier molecular flexibility index (Phi) is 5.35. The van der Waals surface area contributed by atoms with Crippen molar-refractivity contribution in [2.75, 3.05) is 0 Å². The number of Topliss-reactive ketones (excluding diaryl/α,β-unsaturated/α-hetero) is 1. The molecular weight excluding hydrogens is 168 g/mol. The first kappa shape index (κ1) is 12.1. The third-order valence-corrected chi connectivity index (χ3v) is 2.43. The summed E-state index contributed by atoms with van der Waals surface area (Å²) in [5.41, 5.74) is 0. The van der Waals surface area contributed by atoms with E-state index in [-0.39, 0.29) is 11.7 Å². The normalized spacial score (nSPS) is 15.0. The predicted molar refractivity (Wildman–Crippen MR) is 50.5 cm³/mol. The number of hydrogen-bond acceptors (Lipinski definition) is 2. The minimum atomic E-state index is -0.851. The molecule has 0 spiro atoms. The highest BCUT2D eigenvalue weighted by Crippen LogP contribution is 2.19. The van der Waals surface area contributed by atoms with Crippen molar-refractivity contribution < 1.29 is 14.7 Å². The minimum absolute atomic E-state index is 0.0384. The molecule has 0 aliphatic rings. The molecular formula is C10H18O3. The molecule has 0 aromatic rings. The lowest BCUT2D eigenvalue weighted by Crippen LogP contribution is -2.26. The second-order valence-electron chi connectivity index (χ2n) is 3.49. The molecule has 0 aliphatic carbocycles. The van der Waals surface area contributed by atoms with Crippen molar-refractivity contribution in [1.29, 1.82) is 0 Å².